The Morgan fingerprint density at radius 2 is 1.45 bits per heavy atom. The van der Waals surface area contributed by atoms with E-state index in [1.54, 1.807) is 59.3 Å². The molecule has 3 aromatic carbocycles. The SMILES string of the molecule is CO[C@H]1CN(CC(C)C)C(=O)[C@H](CC(C)C)N(C(=O)c2ccc(F)cc2)C/C=C/CN(C(=O)c2ccc(Cl)cc2)c2ccccc2[C@@H]1OC. The van der Waals surface area contributed by atoms with Crippen molar-refractivity contribution in [2.24, 2.45) is 11.8 Å². The molecule has 0 N–H and O–H groups in total. The topological polar surface area (TPSA) is 79.4 Å². The molecule has 3 atom stereocenters. The van der Waals surface area contributed by atoms with Gasteiger partial charge in [0.25, 0.3) is 11.8 Å². The number of carbonyl (C=O) groups is 3. The highest BCUT2D eigenvalue weighted by Crippen LogP contribution is 2.34. The summed E-state index contributed by atoms with van der Waals surface area (Å²) in [7, 11) is 3.16. The van der Waals surface area contributed by atoms with E-state index in [2.05, 4.69) is 0 Å². The highest BCUT2D eigenvalue weighted by atomic mass is 35.5. The molecule has 0 saturated heterocycles. The minimum Gasteiger partial charge on any atom is -0.377 e. The lowest BCUT2D eigenvalue weighted by molar-refractivity contribution is -0.141. The Bertz CT molecular complexity index is 1590. The Kier molecular flexibility index (Phi) is 13.5. The third-order valence-electron chi connectivity index (χ3n) is 8.53. The number of carbonyl (C=O) groups excluding carboxylic acids is 3. The molecule has 49 heavy (non-hydrogen) atoms. The largest absolute Gasteiger partial charge is 0.377 e. The number of ether oxygens (including phenoxy) is 2. The fraction of sp³-hybridized carbons (Fsp3) is 0.410. The summed E-state index contributed by atoms with van der Waals surface area (Å²) in [5.74, 6) is -1.11. The summed E-state index contributed by atoms with van der Waals surface area (Å²) in [6, 6.07) is 18.8. The standard InChI is InChI=1S/C39H47ClFN3O5/c1-26(2)23-34-39(47)42(24-27(3)4)25-35(48-5)36(49-6)32-11-7-8-12-33(32)43(37(45)28-13-17-30(40)18-14-28)21-9-10-22-44(34)38(46)29-15-19-31(41)20-16-29/h7-20,26-27,34-36H,21-25H2,1-6H3/b10-9+/t34-,35-,36-/m0/s1. The van der Waals surface area contributed by atoms with E-state index in [0.717, 1.165) is 5.56 Å². The molecule has 3 aromatic rings. The fourth-order valence-corrected chi connectivity index (χ4v) is 6.32. The molecule has 4 rings (SSSR count). The van der Waals surface area contributed by atoms with Crippen LogP contribution in [0.2, 0.25) is 5.02 Å². The first-order valence-electron chi connectivity index (χ1n) is 16.7. The molecular weight excluding hydrogens is 645 g/mol. The van der Waals surface area contributed by atoms with E-state index < -0.39 is 30.0 Å². The zero-order valence-corrected chi connectivity index (χ0v) is 29.9. The maximum absolute atomic E-state index is 14.7. The van der Waals surface area contributed by atoms with Gasteiger partial charge >= 0.3 is 0 Å². The van der Waals surface area contributed by atoms with Crippen LogP contribution in [0, 0.1) is 17.7 Å². The first kappa shape index (κ1) is 37.8. The molecule has 262 valence electrons. The number of nitrogens with zero attached hydrogens (tertiary/aromatic N) is 3. The fourth-order valence-electron chi connectivity index (χ4n) is 6.19. The van der Waals surface area contributed by atoms with Crippen LogP contribution in [-0.2, 0) is 14.3 Å². The Labute approximate surface area is 294 Å². The molecule has 0 spiro atoms. The van der Waals surface area contributed by atoms with Gasteiger partial charge in [0, 0.05) is 62.1 Å². The third-order valence-corrected chi connectivity index (χ3v) is 8.78. The van der Waals surface area contributed by atoms with Crippen LogP contribution in [0.1, 0.15) is 66.5 Å². The molecule has 8 nitrogen and oxygen atoms in total. The lowest BCUT2D eigenvalue weighted by atomic mass is 9.97. The van der Waals surface area contributed by atoms with Crippen LogP contribution in [0.25, 0.3) is 0 Å². The quantitative estimate of drug-likeness (QED) is 0.230. The predicted molar refractivity (Wildman–Crippen MR) is 191 cm³/mol. The first-order valence-corrected chi connectivity index (χ1v) is 17.0. The number of hydrogen-bond acceptors (Lipinski definition) is 5. The van der Waals surface area contributed by atoms with E-state index in [1.807, 2.05) is 58.0 Å². The Balaban J connectivity index is 1.90. The number of rotatable bonds is 8. The van der Waals surface area contributed by atoms with Gasteiger partial charge in [-0.2, -0.15) is 0 Å². The third kappa shape index (κ3) is 9.56. The van der Waals surface area contributed by atoms with Crippen molar-refractivity contribution in [2.75, 3.05) is 45.3 Å². The second-order valence-electron chi connectivity index (χ2n) is 13.1. The van der Waals surface area contributed by atoms with Gasteiger partial charge < -0.3 is 24.2 Å². The van der Waals surface area contributed by atoms with Gasteiger partial charge in [0.05, 0.1) is 5.69 Å². The van der Waals surface area contributed by atoms with Crippen molar-refractivity contribution < 1.29 is 28.2 Å². The number of halogens is 2. The Morgan fingerprint density at radius 1 is 0.837 bits per heavy atom. The van der Waals surface area contributed by atoms with Crippen LogP contribution >= 0.6 is 11.6 Å². The number of amides is 3. The zero-order chi connectivity index (χ0) is 35.7. The molecule has 0 fully saturated rings. The van der Waals surface area contributed by atoms with Crippen molar-refractivity contribution in [3.05, 3.63) is 112 Å². The predicted octanol–water partition coefficient (Wildman–Crippen LogP) is 7.44. The van der Waals surface area contributed by atoms with Crippen molar-refractivity contribution in [3.63, 3.8) is 0 Å². The molecule has 0 bridgehead atoms. The van der Waals surface area contributed by atoms with Crippen LogP contribution in [0.5, 0.6) is 0 Å². The average molecular weight is 692 g/mol. The monoisotopic (exact) mass is 691 g/mol. The number of hydrogen-bond donors (Lipinski definition) is 0. The second-order valence-corrected chi connectivity index (χ2v) is 13.6. The minimum absolute atomic E-state index is 0.0746. The van der Waals surface area contributed by atoms with Crippen LogP contribution < -0.4 is 4.90 Å². The van der Waals surface area contributed by atoms with Gasteiger partial charge in [-0.05, 0) is 72.9 Å². The van der Waals surface area contributed by atoms with Crippen LogP contribution in [0.3, 0.4) is 0 Å². The van der Waals surface area contributed by atoms with Crippen molar-refractivity contribution in [1.29, 1.82) is 0 Å². The van der Waals surface area contributed by atoms with Gasteiger partial charge in [-0.3, -0.25) is 14.4 Å². The van der Waals surface area contributed by atoms with Crippen LogP contribution in [-0.4, -0.2) is 80.1 Å². The zero-order valence-electron chi connectivity index (χ0n) is 29.1. The summed E-state index contributed by atoms with van der Waals surface area (Å²) in [5.41, 5.74) is 2.07. The molecule has 10 heteroatoms. The molecule has 0 saturated carbocycles. The number of fused-ring (bicyclic) bond motifs is 1. The van der Waals surface area contributed by atoms with Crippen molar-refractivity contribution in [2.45, 2.75) is 52.4 Å². The summed E-state index contributed by atoms with van der Waals surface area (Å²) < 4.78 is 26.0. The second kappa shape index (κ2) is 17.6. The minimum atomic E-state index is -0.818. The molecule has 0 aliphatic carbocycles. The highest BCUT2D eigenvalue weighted by molar-refractivity contribution is 6.30. The Morgan fingerprint density at radius 3 is 2.06 bits per heavy atom. The van der Waals surface area contributed by atoms with Crippen molar-refractivity contribution in [1.82, 2.24) is 9.80 Å². The van der Waals surface area contributed by atoms with Gasteiger partial charge in [-0.15, -0.1) is 0 Å². The van der Waals surface area contributed by atoms with Gasteiger partial charge in [-0.1, -0.05) is 69.6 Å². The molecule has 0 radical (unpaired) electrons. The highest BCUT2D eigenvalue weighted by Gasteiger charge is 2.37. The van der Waals surface area contributed by atoms with Gasteiger partial charge in [0.15, 0.2) is 0 Å². The maximum atomic E-state index is 14.7. The van der Waals surface area contributed by atoms with Crippen LogP contribution in [0.4, 0.5) is 10.1 Å². The normalized spacial score (nSPS) is 19.9. The van der Waals surface area contributed by atoms with E-state index >= 15 is 0 Å². The Hall–Kier alpha value is -4.05. The number of para-hydroxylation sites is 1. The van der Waals surface area contributed by atoms with E-state index in [9.17, 15) is 18.8 Å². The lowest BCUT2D eigenvalue weighted by Gasteiger charge is -2.39. The number of anilines is 1. The summed E-state index contributed by atoms with van der Waals surface area (Å²) in [6.07, 6.45) is 2.75. The molecule has 0 unspecified atom stereocenters. The summed E-state index contributed by atoms with van der Waals surface area (Å²) in [6.45, 7) is 8.93. The van der Waals surface area contributed by atoms with E-state index in [1.165, 1.54) is 24.3 Å². The van der Waals surface area contributed by atoms with E-state index in [-0.39, 0.29) is 48.8 Å². The van der Waals surface area contributed by atoms with E-state index in [4.69, 9.17) is 21.1 Å². The smallest absolute Gasteiger partial charge is 0.258 e. The van der Waals surface area contributed by atoms with Crippen molar-refractivity contribution in [3.8, 4) is 0 Å². The van der Waals surface area contributed by atoms with Gasteiger partial charge in [-0.25, -0.2) is 4.39 Å². The first-order chi connectivity index (χ1) is 23.4. The van der Waals surface area contributed by atoms with Crippen LogP contribution in [0.15, 0.2) is 84.9 Å². The van der Waals surface area contributed by atoms with Gasteiger partial charge in [0.1, 0.15) is 24.1 Å². The molecule has 1 aliphatic heterocycles. The van der Waals surface area contributed by atoms with Crippen molar-refractivity contribution >= 4 is 35.0 Å². The number of benzene rings is 3. The summed E-state index contributed by atoms with van der Waals surface area (Å²) in [5, 5.41) is 0.516. The van der Waals surface area contributed by atoms with Gasteiger partial charge in [0.2, 0.25) is 5.91 Å². The summed E-state index contributed by atoms with van der Waals surface area (Å²) in [4.78, 5) is 48.0. The molecular formula is C39H47ClFN3O5. The average Bonchev–Trinajstić information content (AvgIpc) is 3.08. The summed E-state index contributed by atoms with van der Waals surface area (Å²) >= 11 is 6.15. The lowest BCUT2D eigenvalue weighted by Crippen LogP contribution is -2.54. The maximum Gasteiger partial charge on any atom is 0.258 e. The molecule has 1 aliphatic rings. The molecule has 0 aromatic heterocycles. The van der Waals surface area contributed by atoms with E-state index in [0.29, 0.717) is 29.2 Å². The molecule has 3 amide bonds. The molecule has 1 heterocycles. The number of methoxy groups -OCH3 is 2.